The van der Waals surface area contributed by atoms with Crippen LogP contribution in [0.4, 0.5) is 0 Å². The lowest BCUT2D eigenvalue weighted by Gasteiger charge is -2.19. The van der Waals surface area contributed by atoms with Crippen LogP contribution >= 0.6 is 0 Å². The highest BCUT2D eigenvalue weighted by molar-refractivity contribution is 5.81. The molecule has 1 amide bonds. The van der Waals surface area contributed by atoms with Gasteiger partial charge < -0.3 is 4.90 Å². The fraction of sp³-hybridized carbons (Fsp3) is 0.846. The lowest BCUT2D eigenvalue weighted by Crippen LogP contribution is -2.33. The van der Waals surface area contributed by atoms with Crippen molar-refractivity contribution in [2.45, 2.75) is 46.0 Å². The van der Waals surface area contributed by atoms with Crippen LogP contribution in [0.3, 0.4) is 0 Å². The van der Waals surface area contributed by atoms with E-state index in [2.05, 4.69) is 13.0 Å². The Hall–Kier alpha value is -1.04. The van der Waals surface area contributed by atoms with E-state index in [1.165, 1.54) is 12.8 Å². The average Bonchev–Trinajstić information content (AvgIpc) is 2.74. The number of nitrogens with zero attached hydrogens (tertiary/aromatic N) is 2. The Morgan fingerprint density at radius 3 is 2.81 bits per heavy atom. The van der Waals surface area contributed by atoms with E-state index in [-0.39, 0.29) is 5.91 Å². The number of nitriles is 1. The largest absolute Gasteiger partial charge is 0.341 e. The maximum absolute atomic E-state index is 12.0. The van der Waals surface area contributed by atoms with Crippen molar-refractivity contribution in [2.24, 2.45) is 11.8 Å². The van der Waals surface area contributed by atoms with Gasteiger partial charge in [0.25, 0.3) is 0 Å². The topological polar surface area (TPSA) is 44.1 Å². The highest BCUT2D eigenvalue weighted by atomic mass is 16.2. The second-order valence-electron chi connectivity index (χ2n) is 4.70. The second-order valence-corrected chi connectivity index (χ2v) is 4.70. The zero-order valence-corrected chi connectivity index (χ0v) is 10.4. The summed E-state index contributed by atoms with van der Waals surface area (Å²) in [5.41, 5.74) is 0. The lowest BCUT2D eigenvalue weighted by molar-refractivity contribution is -0.133. The van der Waals surface area contributed by atoms with E-state index < -0.39 is 5.92 Å². The van der Waals surface area contributed by atoms with E-state index in [0.717, 1.165) is 25.9 Å². The molecule has 1 fully saturated rings. The van der Waals surface area contributed by atoms with Crippen molar-refractivity contribution in [1.82, 2.24) is 4.90 Å². The molecular weight excluding hydrogens is 200 g/mol. The molecule has 3 nitrogen and oxygen atoms in total. The zero-order chi connectivity index (χ0) is 12.0. The molecule has 0 aromatic carbocycles. The van der Waals surface area contributed by atoms with Crippen molar-refractivity contribution in [3.8, 4) is 6.07 Å². The zero-order valence-electron chi connectivity index (χ0n) is 10.4. The van der Waals surface area contributed by atoms with Crippen molar-refractivity contribution in [3.05, 3.63) is 0 Å². The maximum atomic E-state index is 12.0. The van der Waals surface area contributed by atoms with Crippen molar-refractivity contribution >= 4 is 5.91 Å². The van der Waals surface area contributed by atoms with Gasteiger partial charge in [-0.2, -0.15) is 5.26 Å². The average molecular weight is 222 g/mol. The number of carbonyl (C=O) groups is 1. The van der Waals surface area contributed by atoms with E-state index in [4.69, 9.17) is 5.26 Å². The summed E-state index contributed by atoms with van der Waals surface area (Å²) in [4.78, 5) is 13.9. The summed E-state index contributed by atoms with van der Waals surface area (Å²) in [7, 11) is 0. The fourth-order valence-electron chi connectivity index (χ4n) is 2.43. The van der Waals surface area contributed by atoms with Crippen LogP contribution in [0, 0.1) is 23.2 Å². The van der Waals surface area contributed by atoms with Crippen molar-refractivity contribution < 1.29 is 4.79 Å². The molecule has 0 aliphatic carbocycles. The van der Waals surface area contributed by atoms with E-state index in [0.29, 0.717) is 12.3 Å². The van der Waals surface area contributed by atoms with E-state index in [1.54, 1.807) is 0 Å². The van der Waals surface area contributed by atoms with Gasteiger partial charge in [-0.05, 0) is 25.2 Å². The Morgan fingerprint density at radius 2 is 2.25 bits per heavy atom. The first kappa shape index (κ1) is 13.0. The van der Waals surface area contributed by atoms with Crippen molar-refractivity contribution in [2.75, 3.05) is 13.1 Å². The lowest BCUT2D eigenvalue weighted by atomic mass is 10.0. The molecule has 16 heavy (non-hydrogen) atoms. The van der Waals surface area contributed by atoms with Crippen LogP contribution in [-0.4, -0.2) is 23.9 Å². The molecule has 1 heterocycles. The first-order chi connectivity index (χ1) is 7.72. The molecule has 2 unspecified atom stereocenters. The molecule has 0 aromatic rings. The molecule has 2 atom stereocenters. The van der Waals surface area contributed by atoms with Gasteiger partial charge in [0.1, 0.15) is 5.92 Å². The van der Waals surface area contributed by atoms with Crippen LogP contribution in [0.2, 0.25) is 0 Å². The molecule has 0 spiro atoms. The smallest absolute Gasteiger partial charge is 0.239 e. The highest BCUT2D eigenvalue weighted by Gasteiger charge is 2.29. The number of rotatable bonds is 5. The standard InChI is InChI=1S/C13H22N2O/c1-3-5-11-7-8-15(10-11)13(16)12(9-14)6-4-2/h11-12H,3-8,10H2,1-2H3. The van der Waals surface area contributed by atoms with Crippen molar-refractivity contribution in [1.29, 1.82) is 5.26 Å². The van der Waals surface area contributed by atoms with Gasteiger partial charge in [-0.25, -0.2) is 0 Å². The Balaban J connectivity index is 2.46. The van der Waals surface area contributed by atoms with Crippen LogP contribution < -0.4 is 0 Å². The maximum Gasteiger partial charge on any atom is 0.239 e. The van der Waals surface area contributed by atoms with Gasteiger partial charge in [-0.3, -0.25) is 4.79 Å². The van der Waals surface area contributed by atoms with Crippen molar-refractivity contribution in [3.63, 3.8) is 0 Å². The Morgan fingerprint density at radius 1 is 1.50 bits per heavy atom. The molecule has 1 aliphatic rings. The monoisotopic (exact) mass is 222 g/mol. The SMILES string of the molecule is CCCC1CCN(C(=O)C(C#N)CCC)C1. The minimum Gasteiger partial charge on any atom is -0.341 e. The summed E-state index contributed by atoms with van der Waals surface area (Å²) in [6, 6.07) is 2.14. The highest BCUT2D eigenvalue weighted by Crippen LogP contribution is 2.23. The predicted octanol–water partition coefficient (Wildman–Crippen LogP) is 2.57. The molecule has 90 valence electrons. The normalized spacial score (nSPS) is 21.8. The third-order valence-electron chi connectivity index (χ3n) is 3.33. The van der Waals surface area contributed by atoms with Crippen LogP contribution in [-0.2, 0) is 4.79 Å². The Labute approximate surface area is 98.4 Å². The quantitative estimate of drug-likeness (QED) is 0.717. The third-order valence-corrected chi connectivity index (χ3v) is 3.33. The molecule has 3 heteroatoms. The summed E-state index contributed by atoms with van der Waals surface area (Å²) >= 11 is 0. The summed E-state index contributed by atoms with van der Waals surface area (Å²) in [5, 5.41) is 8.96. The van der Waals surface area contributed by atoms with Crippen LogP contribution in [0.5, 0.6) is 0 Å². The Kier molecular flexibility index (Phi) is 5.31. The molecule has 0 aromatic heterocycles. The van der Waals surface area contributed by atoms with Gasteiger partial charge in [0, 0.05) is 13.1 Å². The first-order valence-corrected chi connectivity index (χ1v) is 6.41. The third kappa shape index (κ3) is 3.23. The predicted molar refractivity (Wildman–Crippen MR) is 63.6 cm³/mol. The summed E-state index contributed by atoms with van der Waals surface area (Å²) < 4.78 is 0. The number of amides is 1. The molecule has 1 aliphatic heterocycles. The number of carbonyl (C=O) groups excluding carboxylic acids is 1. The van der Waals surface area contributed by atoms with Crippen LogP contribution in [0.25, 0.3) is 0 Å². The molecule has 0 saturated carbocycles. The summed E-state index contributed by atoms with van der Waals surface area (Å²) in [5.74, 6) is 0.309. The number of hydrogen-bond acceptors (Lipinski definition) is 2. The minimum atomic E-state index is -0.412. The first-order valence-electron chi connectivity index (χ1n) is 6.41. The number of hydrogen-bond donors (Lipinski definition) is 0. The van der Waals surface area contributed by atoms with E-state index >= 15 is 0 Å². The van der Waals surface area contributed by atoms with Crippen LogP contribution in [0.15, 0.2) is 0 Å². The minimum absolute atomic E-state index is 0.0583. The molecule has 1 rings (SSSR count). The molecule has 0 N–H and O–H groups in total. The van der Waals surface area contributed by atoms with Gasteiger partial charge in [0.15, 0.2) is 0 Å². The summed E-state index contributed by atoms with van der Waals surface area (Å²) in [6.07, 6.45) is 5.10. The fourth-order valence-corrected chi connectivity index (χ4v) is 2.43. The van der Waals surface area contributed by atoms with Gasteiger partial charge in [0.2, 0.25) is 5.91 Å². The second kappa shape index (κ2) is 6.52. The molecule has 0 bridgehead atoms. The van der Waals surface area contributed by atoms with Crippen LogP contribution in [0.1, 0.15) is 46.0 Å². The van der Waals surface area contributed by atoms with E-state index in [1.807, 2.05) is 11.8 Å². The van der Waals surface area contributed by atoms with Gasteiger partial charge in [0.05, 0.1) is 6.07 Å². The van der Waals surface area contributed by atoms with Gasteiger partial charge >= 0.3 is 0 Å². The van der Waals surface area contributed by atoms with Gasteiger partial charge in [-0.1, -0.05) is 26.7 Å². The Bertz CT molecular complexity index is 270. The molecular formula is C13H22N2O. The number of likely N-dealkylation sites (tertiary alicyclic amines) is 1. The summed E-state index contributed by atoms with van der Waals surface area (Å²) in [6.45, 7) is 5.92. The molecule has 0 radical (unpaired) electrons. The van der Waals surface area contributed by atoms with Gasteiger partial charge in [-0.15, -0.1) is 0 Å². The van der Waals surface area contributed by atoms with E-state index in [9.17, 15) is 4.79 Å². The molecule has 1 saturated heterocycles.